The lowest BCUT2D eigenvalue weighted by atomic mass is 10.1. The van der Waals surface area contributed by atoms with Crippen LogP contribution in [0.15, 0.2) is 30.6 Å². The van der Waals surface area contributed by atoms with E-state index in [9.17, 15) is 8.78 Å². The van der Waals surface area contributed by atoms with Crippen LogP contribution in [0.2, 0.25) is 0 Å². The van der Waals surface area contributed by atoms with Gasteiger partial charge < -0.3 is 19.9 Å². The zero-order valence-electron chi connectivity index (χ0n) is 14.2. The van der Waals surface area contributed by atoms with Crippen molar-refractivity contribution in [3.05, 3.63) is 36.2 Å². The Morgan fingerprint density at radius 3 is 2.76 bits per heavy atom. The van der Waals surface area contributed by atoms with Gasteiger partial charge in [0.15, 0.2) is 5.82 Å². The normalized spacial score (nSPS) is 11.3. The number of nitrogen functional groups attached to an aromatic ring is 1. The standard InChI is InChI=1S/C17H19F2N5O/c1-4-10-5-6-11(25-17(18)19)7-12(10)24(3)14-8-13-15(16(20)22-14)21-9-23(13)2/h5-9,17H,4H2,1-3H3,(H2,20,22). The highest BCUT2D eigenvalue weighted by molar-refractivity contribution is 5.88. The number of imidazole rings is 1. The van der Waals surface area contributed by atoms with Crippen LogP contribution in [-0.2, 0) is 13.5 Å². The first kappa shape index (κ1) is 16.9. The van der Waals surface area contributed by atoms with E-state index in [1.54, 1.807) is 23.4 Å². The van der Waals surface area contributed by atoms with Crippen LogP contribution in [0.5, 0.6) is 5.75 Å². The molecule has 25 heavy (non-hydrogen) atoms. The van der Waals surface area contributed by atoms with E-state index >= 15 is 0 Å². The number of anilines is 3. The maximum Gasteiger partial charge on any atom is 0.387 e. The highest BCUT2D eigenvalue weighted by Crippen LogP contribution is 2.33. The molecule has 0 aliphatic carbocycles. The van der Waals surface area contributed by atoms with E-state index < -0.39 is 6.61 Å². The molecule has 0 bridgehead atoms. The number of pyridine rings is 1. The van der Waals surface area contributed by atoms with Gasteiger partial charge in [-0.15, -0.1) is 0 Å². The molecular weight excluding hydrogens is 328 g/mol. The van der Waals surface area contributed by atoms with Gasteiger partial charge in [-0.25, -0.2) is 9.97 Å². The lowest BCUT2D eigenvalue weighted by Gasteiger charge is -2.22. The summed E-state index contributed by atoms with van der Waals surface area (Å²) >= 11 is 0. The molecule has 0 atom stereocenters. The van der Waals surface area contributed by atoms with Crippen molar-refractivity contribution in [2.24, 2.45) is 7.05 Å². The van der Waals surface area contributed by atoms with Gasteiger partial charge in [0.05, 0.1) is 11.8 Å². The van der Waals surface area contributed by atoms with Gasteiger partial charge in [-0.3, -0.25) is 0 Å². The summed E-state index contributed by atoms with van der Waals surface area (Å²) in [6.45, 7) is -0.878. The highest BCUT2D eigenvalue weighted by Gasteiger charge is 2.16. The molecule has 2 heterocycles. The number of nitrogens with zero attached hydrogens (tertiary/aromatic N) is 4. The van der Waals surface area contributed by atoms with Crippen LogP contribution in [-0.4, -0.2) is 28.2 Å². The molecule has 1 aromatic carbocycles. The molecule has 0 amide bonds. The Kier molecular flexibility index (Phi) is 4.43. The van der Waals surface area contributed by atoms with Crippen LogP contribution < -0.4 is 15.4 Å². The summed E-state index contributed by atoms with van der Waals surface area (Å²) < 4.78 is 31.4. The van der Waals surface area contributed by atoms with Crippen molar-refractivity contribution in [3.8, 4) is 5.75 Å². The average Bonchev–Trinajstić information content (AvgIpc) is 2.95. The maximum atomic E-state index is 12.5. The predicted molar refractivity (Wildman–Crippen MR) is 93.4 cm³/mol. The summed E-state index contributed by atoms with van der Waals surface area (Å²) in [7, 11) is 3.68. The van der Waals surface area contributed by atoms with E-state index in [-0.39, 0.29) is 5.75 Å². The Bertz CT molecular complexity index is 909. The van der Waals surface area contributed by atoms with E-state index in [0.29, 0.717) is 17.2 Å². The molecule has 0 radical (unpaired) electrons. The van der Waals surface area contributed by atoms with Gasteiger partial charge >= 0.3 is 6.61 Å². The third-order valence-electron chi connectivity index (χ3n) is 4.09. The number of halogens is 2. The number of benzene rings is 1. The fourth-order valence-electron chi connectivity index (χ4n) is 2.76. The number of nitrogens with two attached hydrogens (primary N) is 1. The number of fused-ring (bicyclic) bond motifs is 1. The van der Waals surface area contributed by atoms with Crippen LogP contribution >= 0.6 is 0 Å². The molecule has 0 saturated heterocycles. The maximum absolute atomic E-state index is 12.5. The second kappa shape index (κ2) is 6.54. The van der Waals surface area contributed by atoms with Gasteiger partial charge in [0.2, 0.25) is 0 Å². The highest BCUT2D eigenvalue weighted by atomic mass is 19.3. The molecule has 132 valence electrons. The minimum atomic E-state index is -2.87. The Labute approximate surface area is 143 Å². The largest absolute Gasteiger partial charge is 0.435 e. The van der Waals surface area contributed by atoms with Gasteiger partial charge in [-0.1, -0.05) is 13.0 Å². The molecule has 0 unspecified atom stereocenters. The van der Waals surface area contributed by atoms with E-state index in [2.05, 4.69) is 14.7 Å². The summed E-state index contributed by atoms with van der Waals surface area (Å²) in [5.41, 5.74) is 9.20. The molecule has 2 N–H and O–H groups in total. The third-order valence-corrected chi connectivity index (χ3v) is 4.09. The first-order valence-corrected chi connectivity index (χ1v) is 7.79. The third kappa shape index (κ3) is 3.19. The SMILES string of the molecule is CCc1ccc(OC(F)F)cc1N(C)c1cc2c(ncn2C)c(N)n1. The number of hydrogen-bond acceptors (Lipinski definition) is 5. The first-order chi connectivity index (χ1) is 11.9. The smallest absolute Gasteiger partial charge is 0.387 e. The summed E-state index contributed by atoms with van der Waals surface area (Å²) in [6.07, 6.45) is 2.40. The Hall–Kier alpha value is -2.90. The summed E-state index contributed by atoms with van der Waals surface area (Å²) in [4.78, 5) is 10.4. The van der Waals surface area contributed by atoms with Crippen LogP contribution in [0.3, 0.4) is 0 Å². The molecule has 0 aliphatic rings. The van der Waals surface area contributed by atoms with Crippen molar-refractivity contribution in [1.82, 2.24) is 14.5 Å². The zero-order chi connectivity index (χ0) is 18.1. The average molecular weight is 347 g/mol. The number of rotatable bonds is 5. The fraction of sp³-hybridized carbons (Fsp3) is 0.294. The molecular formula is C17H19F2N5O. The van der Waals surface area contributed by atoms with Crippen molar-refractivity contribution in [2.45, 2.75) is 20.0 Å². The van der Waals surface area contributed by atoms with Crippen molar-refractivity contribution < 1.29 is 13.5 Å². The van der Waals surface area contributed by atoms with Gasteiger partial charge in [0, 0.05) is 31.9 Å². The monoisotopic (exact) mass is 347 g/mol. The van der Waals surface area contributed by atoms with Gasteiger partial charge in [-0.2, -0.15) is 8.78 Å². The molecule has 0 saturated carbocycles. The molecule has 6 nitrogen and oxygen atoms in total. The summed E-state index contributed by atoms with van der Waals surface area (Å²) in [6, 6.07) is 6.75. The molecule has 3 rings (SSSR count). The van der Waals surface area contributed by atoms with Crippen LogP contribution in [0.25, 0.3) is 11.0 Å². The Morgan fingerprint density at radius 1 is 1.32 bits per heavy atom. The lowest BCUT2D eigenvalue weighted by molar-refractivity contribution is -0.0498. The zero-order valence-corrected chi connectivity index (χ0v) is 14.2. The van der Waals surface area contributed by atoms with Crippen molar-refractivity contribution >= 4 is 28.4 Å². The van der Waals surface area contributed by atoms with Crippen molar-refractivity contribution in [1.29, 1.82) is 0 Å². The second-order valence-corrected chi connectivity index (χ2v) is 5.67. The van der Waals surface area contributed by atoms with Crippen LogP contribution in [0, 0.1) is 0 Å². The van der Waals surface area contributed by atoms with Crippen molar-refractivity contribution in [3.63, 3.8) is 0 Å². The van der Waals surface area contributed by atoms with Crippen molar-refractivity contribution in [2.75, 3.05) is 17.7 Å². The molecule has 8 heteroatoms. The Morgan fingerprint density at radius 2 is 2.08 bits per heavy atom. The van der Waals surface area contributed by atoms with Gasteiger partial charge in [0.1, 0.15) is 17.1 Å². The number of alkyl halides is 2. The quantitative estimate of drug-likeness (QED) is 0.765. The molecule has 0 aliphatic heterocycles. The van der Waals surface area contributed by atoms with Gasteiger partial charge in [0.25, 0.3) is 0 Å². The minimum Gasteiger partial charge on any atom is -0.435 e. The second-order valence-electron chi connectivity index (χ2n) is 5.67. The molecule has 3 aromatic rings. The fourth-order valence-corrected chi connectivity index (χ4v) is 2.76. The lowest BCUT2D eigenvalue weighted by Crippen LogP contribution is -2.15. The van der Waals surface area contributed by atoms with E-state index in [0.717, 1.165) is 23.2 Å². The van der Waals surface area contributed by atoms with E-state index in [1.165, 1.54) is 6.07 Å². The van der Waals surface area contributed by atoms with E-state index in [4.69, 9.17) is 5.73 Å². The van der Waals surface area contributed by atoms with E-state index in [1.807, 2.05) is 31.7 Å². The van der Waals surface area contributed by atoms with Crippen LogP contribution in [0.4, 0.5) is 26.1 Å². The number of hydrogen-bond donors (Lipinski definition) is 1. The van der Waals surface area contributed by atoms with Gasteiger partial charge in [-0.05, 0) is 18.1 Å². The summed E-state index contributed by atoms with van der Waals surface area (Å²) in [5.74, 6) is 1.01. The molecule has 0 fully saturated rings. The number of ether oxygens (including phenoxy) is 1. The molecule has 2 aromatic heterocycles. The van der Waals surface area contributed by atoms with Crippen LogP contribution in [0.1, 0.15) is 12.5 Å². The molecule has 0 spiro atoms. The number of aromatic nitrogens is 3. The predicted octanol–water partition coefficient (Wildman–Crippen LogP) is 3.48. The number of aryl methyl sites for hydroxylation is 2. The summed E-state index contributed by atoms with van der Waals surface area (Å²) in [5, 5.41) is 0. The first-order valence-electron chi connectivity index (χ1n) is 7.79. The Balaban J connectivity index is 2.07. The topological polar surface area (TPSA) is 69.2 Å². The minimum absolute atomic E-state index is 0.101.